The lowest BCUT2D eigenvalue weighted by molar-refractivity contribution is -0.123. The van der Waals surface area contributed by atoms with Crippen molar-refractivity contribution < 1.29 is 27.8 Å². The molecule has 0 spiro atoms. The minimum absolute atomic E-state index is 0.0195. The molecule has 202 valence electrons. The second-order valence-electron chi connectivity index (χ2n) is 9.57. The molecule has 10 heteroatoms. The summed E-state index contributed by atoms with van der Waals surface area (Å²) in [6, 6.07) is 14.4. The number of ether oxygens (including phenoxy) is 1. The van der Waals surface area contributed by atoms with Gasteiger partial charge in [-0.2, -0.15) is 13.2 Å². The predicted molar refractivity (Wildman–Crippen MR) is 139 cm³/mol. The summed E-state index contributed by atoms with van der Waals surface area (Å²) in [4.78, 5) is 20.6. The van der Waals surface area contributed by atoms with Gasteiger partial charge in [-0.05, 0) is 73.5 Å². The number of nitrogens with one attached hydrogen (secondary N) is 1. The average molecular weight is 529 g/mol. The van der Waals surface area contributed by atoms with Gasteiger partial charge in [-0.3, -0.25) is 14.7 Å². The SMILES string of the molecule is CC(C)Oc1cc(CN2CCN(c3ccc(C(=O)NCC(F)(F)F)cc3)CC2)cc(-c2cncc(O)c2)c1. The molecule has 0 bridgehead atoms. The van der Waals surface area contributed by atoms with Crippen LogP contribution in [0.15, 0.2) is 60.9 Å². The fourth-order valence-corrected chi connectivity index (χ4v) is 4.37. The number of hydrogen-bond donors (Lipinski definition) is 2. The Bertz CT molecular complexity index is 1240. The summed E-state index contributed by atoms with van der Waals surface area (Å²) < 4.78 is 43.0. The van der Waals surface area contributed by atoms with Crippen molar-refractivity contribution in [2.75, 3.05) is 37.6 Å². The van der Waals surface area contributed by atoms with Crippen LogP contribution < -0.4 is 15.0 Å². The van der Waals surface area contributed by atoms with Crippen LogP contribution in [0.4, 0.5) is 18.9 Å². The Labute approximate surface area is 219 Å². The van der Waals surface area contributed by atoms with Crippen LogP contribution in [0.3, 0.4) is 0 Å². The normalized spacial score (nSPS) is 14.5. The Hall–Kier alpha value is -3.79. The highest BCUT2D eigenvalue weighted by molar-refractivity contribution is 5.94. The van der Waals surface area contributed by atoms with E-state index in [-0.39, 0.29) is 17.4 Å². The van der Waals surface area contributed by atoms with E-state index in [1.807, 2.05) is 31.3 Å². The van der Waals surface area contributed by atoms with Gasteiger partial charge in [0.05, 0.1) is 12.3 Å². The Morgan fingerprint density at radius 2 is 1.74 bits per heavy atom. The van der Waals surface area contributed by atoms with Gasteiger partial charge in [-0.1, -0.05) is 0 Å². The third kappa shape index (κ3) is 7.61. The number of aromatic nitrogens is 1. The first-order valence-corrected chi connectivity index (χ1v) is 12.4. The summed E-state index contributed by atoms with van der Waals surface area (Å²) in [5.41, 5.74) is 3.92. The summed E-state index contributed by atoms with van der Waals surface area (Å²) in [5, 5.41) is 11.8. The fourth-order valence-electron chi connectivity index (χ4n) is 4.37. The van der Waals surface area contributed by atoms with Crippen LogP contribution in [0.2, 0.25) is 0 Å². The molecule has 38 heavy (non-hydrogen) atoms. The van der Waals surface area contributed by atoms with Gasteiger partial charge in [0.25, 0.3) is 5.91 Å². The van der Waals surface area contributed by atoms with Crippen molar-refractivity contribution in [3.8, 4) is 22.6 Å². The second-order valence-corrected chi connectivity index (χ2v) is 9.57. The quantitative estimate of drug-likeness (QED) is 0.435. The minimum atomic E-state index is -4.44. The number of pyridine rings is 1. The minimum Gasteiger partial charge on any atom is -0.506 e. The van der Waals surface area contributed by atoms with Gasteiger partial charge in [-0.25, -0.2) is 0 Å². The van der Waals surface area contributed by atoms with Crippen LogP contribution >= 0.6 is 0 Å². The molecule has 4 rings (SSSR count). The molecule has 1 aliphatic rings. The van der Waals surface area contributed by atoms with Crippen molar-refractivity contribution in [2.45, 2.75) is 32.7 Å². The molecule has 1 aliphatic heterocycles. The van der Waals surface area contributed by atoms with E-state index in [0.29, 0.717) is 0 Å². The van der Waals surface area contributed by atoms with Gasteiger partial charge in [0.1, 0.15) is 18.0 Å². The van der Waals surface area contributed by atoms with Crippen molar-refractivity contribution in [1.82, 2.24) is 15.2 Å². The van der Waals surface area contributed by atoms with Gasteiger partial charge < -0.3 is 20.1 Å². The Morgan fingerprint density at radius 1 is 1.03 bits per heavy atom. The summed E-state index contributed by atoms with van der Waals surface area (Å²) >= 11 is 0. The van der Waals surface area contributed by atoms with E-state index in [1.165, 1.54) is 6.20 Å². The number of anilines is 1. The molecular formula is C28H31F3N4O3. The maximum Gasteiger partial charge on any atom is 0.405 e. The maximum absolute atomic E-state index is 12.3. The predicted octanol–water partition coefficient (Wildman–Crippen LogP) is 4.86. The number of amides is 1. The molecule has 3 aromatic rings. The number of carbonyl (C=O) groups is 1. The number of nitrogens with zero attached hydrogens (tertiary/aromatic N) is 3. The van der Waals surface area contributed by atoms with Crippen molar-refractivity contribution in [3.63, 3.8) is 0 Å². The number of piperazine rings is 1. The molecule has 1 fully saturated rings. The lowest BCUT2D eigenvalue weighted by atomic mass is 10.0. The van der Waals surface area contributed by atoms with E-state index in [1.54, 1.807) is 36.5 Å². The van der Waals surface area contributed by atoms with Crippen molar-refractivity contribution in [2.24, 2.45) is 0 Å². The second kappa shape index (κ2) is 11.7. The zero-order valence-electron chi connectivity index (χ0n) is 21.3. The van der Waals surface area contributed by atoms with E-state index in [4.69, 9.17) is 4.74 Å². The molecule has 0 atom stereocenters. The summed E-state index contributed by atoms with van der Waals surface area (Å²) in [5.74, 6) is 0.113. The molecule has 1 saturated heterocycles. The highest BCUT2D eigenvalue weighted by atomic mass is 19.4. The molecule has 1 aromatic heterocycles. The molecule has 0 saturated carbocycles. The molecular weight excluding hydrogens is 497 g/mol. The van der Waals surface area contributed by atoms with E-state index in [9.17, 15) is 23.1 Å². The molecule has 2 aromatic carbocycles. The van der Waals surface area contributed by atoms with Gasteiger partial charge >= 0.3 is 6.18 Å². The molecule has 0 aliphatic carbocycles. The molecule has 0 unspecified atom stereocenters. The third-order valence-corrected chi connectivity index (χ3v) is 6.12. The van der Waals surface area contributed by atoms with E-state index in [0.717, 1.165) is 60.9 Å². The first-order valence-electron chi connectivity index (χ1n) is 12.4. The van der Waals surface area contributed by atoms with E-state index < -0.39 is 18.6 Å². The number of halogens is 3. The van der Waals surface area contributed by atoms with Crippen LogP contribution in [0.5, 0.6) is 11.5 Å². The Balaban J connectivity index is 1.38. The Morgan fingerprint density at radius 3 is 2.37 bits per heavy atom. The molecule has 1 amide bonds. The monoisotopic (exact) mass is 528 g/mol. The lowest BCUT2D eigenvalue weighted by Crippen LogP contribution is -2.46. The highest BCUT2D eigenvalue weighted by Crippen LogP contribution is 2.29. The van der Waals surface area contributed by atoms with E-state index in [2.05, 4.69) is 20.9 Å². The third-order valence-electron chi connectivity index (χ3n) is 6.12. The highest BCUT2D eigenvalue weighted by Gasteiger charge is 2.28. The largest absolute Gasteiger partial charge is 0.506 e. The average Bonchev–Trinajstić information content (AvgIpc) is 2.87. The molecule has 2 heterocycles. The number of alkyl halides is 3. The lowest BCUT2D eigenvalue weighted by Gasteiger charge is -2.36. The van der Waals surface area contributed by atoms with Crippen LogP contribution in [0.1, 0.15) is 29.8 Å². The number of rotatable bonds is 8. The first kappa shape index (κ1) is 27.3. The number of carbonyl (C=O) groups excluding carboxylic acids is 1. The van der Waals surface area contributed by atoms with Gasteiger partial charge in [0, 0.05) is 55.7 Å². The van der Waals surface area contributed by atoms with E-state index >= 15 is 0 Å². The summed E-state index contributed by atoms with van der Waals surface area (Å²) in [7, 11) is 0. The Kier molecular flexibility index (Phi) is 8.41. The zero-order chi connectivity index (χ0) is 27.3. The standard InChI is InChI=1S/C28H31F3N4O3/c1-19(2)38-26-12-20(11-22(14-26)23-13-25(36)16-32-15-23)17-34-7-9-35(10-8-34)24-5-3-21(4-6-24)27(37)33-18-28(29,30)31/h3-6,11-16,19,36H,7-10,17-18H2,1-2H3,(H,33,37). The number of hydrogen-bond acceptors (Lipinski definition) is 6. The summed E-state index contributed by atoms with van der Waals surface area (Å²) in [6.45, 7) is 6.48. The first-order chi connectivity index (χ1) is 18.1. The molecule has 0 radical (unpaired) electrons. The zero-order valence-corrected chi connectivity index (χ0v) is 21.3. The van der Waals surface area contributed by atoms with Crippen molar-refractivity contribution >= 4 is 11.6 Å². The van der Waals surface area contributed by atoms with Gasteiger partial charge in [0.15, 0.2) is 0 Å². The van der Waals surface area contributed by atoms with Crippen LogP contribution in [0, 0.1) is 0 Å². The summed E-state index contributed by atoms with van der Waals surface area (Å²) in [6.07, 6.45) is -1.32. The van der Waals surface area contributed by atoms with Crippen LogP contribution in [-0.4, -0.2) is 65.9 Å². The van der Waals surface area contributed by atoms with Gasteiger partial charge in [0.2, 0.25) is 0 Å². The van der Waals surface area contributed by atoms with Crippen LogP contribution in [-0.2, 0) is 6.54 Å². The van der Waals surface area contributed by atoms with Crippen LogP contribution in [0.25, 0.3) is 11.1 Å². The number of benzene rings is 2. The smallest absolute Gasteiger partial charge is 0.405 e. The van der Waals surface area contributed by atoms with Gasteiger partial charge in [-0.15, -0.1) is 0 Å². The number of aromatic hydroxyl groups is 1. The van der Waals surface area contributed by atoms with Crippen molar-refractivity contribution in [1.29, 1.82) is 0 Å². The maximum atomic E-state index is 12.3. The molecule has 2 N–H and O–H groups in total. The fraction of sp³-hybridized carbons (Fsp3) is 0.357. The van der Waals surface area contributed by atoms with Crippen molar-refractivity contribution in [3.05, 3.63) is 72.1 Å². The molecule has 7 nitrogen and oxygen atoms in total. The topological polar surface area (TPSA) is 77.9 Å².